The van der Waals surface area contributed by atoms with Crippen molar-refractivity contribution >= 4 is 0 Å². The van der Waals surface area contributed by atoms with Crippen LogP contribution in [-0.2, 0) is 0 Å². The van der Waals surface area contributed by atoms with Crippen molar-refractivity contribution in [2.45, 2.75) is 44.4 Å². The van der Waals surface area contributed by atoms with Crippen LogP contribution in [0.15, 0.2) is 0 Å². The fourth-order valence-corrected chi connectivity index (χ4v) is 1.43. The van der Waals surface area contributed by atoms with E-state index in [2.05, 4.69) is 19.2 Å². The molecule has 3 heteroatoms. The molecule has 0 saturated heterocycles. The highest BCUT2D eigenvalue weighted by atomic mass is 16.3. The lowest BCUT2D eigenvalue weighted by Crippen LogP contribution is -2.60. The van der Waals surface area contributed by atoms with E-state index in [1.54, 1.807) is 0 Å². The maximum absolute atomic E-state index is 9.04. The van der Waals surface area contributed by atoms with Crippen LogP contribution in [0.4, 0.5) is 0 Å². The third-order valence-electron chi connectivity index (χ3n) is 2.15. The second-order valence-corrected chi connectivity index (χ2v) is 3.96. The number of rotatable bonds is 3. The highest BCUT2D eigenvalue weighted by Crippen LogP contribution is 2.28. The first-order chi connectivity index (χ1) is 5.02. The van der Waals surface area contributed by atoms with Crippen molar-refractivity contribution in [1.29, 1.82) is 0 Å². The number of aliphatic hydroxyl groups is 1. The van der Waals surface area contributed by atoms with Crippen molar-refractivity contribution in [3.8, 4) is 0 Å². The lowest BCUT2D eigenvalue weighted by molar-refractivity contribution is 0.0224. The van der Waals surface area contributed by atoms with E-state index in [1.807, 2.05) is 0 Å². The van der Waals surface area contributed by atoms with E-state index in [-0.39, 0.29) is 11.6 Å². The summed E-state index contributed by atoms with van der Waals surface area (Å²) in [5, 5.41) is 12.3. The van der Waals surface area contributed by atoms with Crippen LogP contribution in [0.2, 0.25) is 0 Å². The lowest BCUT2D eigenvalue weighted by Gasteiger charge is -2.42. The topological polar surface area (TPSA) is 58.3 Å². The molecule has 1 aliphatic carbocycles. The van der Waals surface area contributed by atoms with Gasteiger partial charge in [0.15, 0.2) is 0 Å². The van der Waals surface area contributed by atoms with Crippen LogP contribution in [0.5, 0.6) is 0 Å². The largest absolute Gasteiger partial charge is 0.393 e. The minimum absolute atomic E-state index is 0.135. The first kappa shape index (κ1) is 8.97. The summed E-state index contributed by atoms with van der Waals surface area (Å²) < 4.78 is 0. The molecule has 1 saturated carbocycles. The summed E-state index contributed by atoms with van der Waals surface area (Å²) in [4.78, 5) is 0. The lowest BCUT2D eigenvalue weighted by atomic mass is 9.75. The quantitative estimate of drug-likeness (QED) is 0.535. The molecule has 11 heavy (non-hydrogen) atoms. The molecule has 0 bridgehead atoms. The fraction of sp³-hybridized carbons (Fsp3) is 1.00. The molecule has 0 atom stereocenters. The van der Waals surface area contributed by atoms with E-state index in [1.165, 1.54) is 0 Å². The zero-order valence-corrected chi connectivity index (χ0v) is 7.30. The van der Waals surface area contributed by atoms with E-state index in [4.69, 9.17) is 10.8 Å². The highest BCUT2D eigenvalue weighted by molar-refractivity contribution is 5.00. The molecule has 0 amide bonds. The monoisotopic (exact) mass is 158 g/mol. The van der Waals surface area contributed by atoms with Crippen molar-refractivity contribution < 1.29 is 5.11 Å². The molecule has 66 valence electrons. The van der Waals surface area contributed by atoms with Gasteiger partial charge >= 0.3 is 0 Å². The predicted octanol–water partition coefficient (Wildman–Crippen LogP) is -0.163. The van der Waals surface area contributed by atoms with Gasteiger partial charge in [0.2, 0.25) is 0 Å². The normalized spacial score (nSPS) is 37.4. The average molecular weight is 158 g/mol. The van der Waals surface area contributed by atoms with Gasteiger partial charge in [-0.05, 0) is 12.8 Å². The molecule has 0 aromatic heterocycles. The summed E-state index contributed by atoms with van der Waals surface area (Å²) in [7, 11) is 0. The molecule has 0 radical (unpaired) electrons. The Labute approximate surface area is 68.0 Å². The SMILES string of the molecule is CC(C)NCC1(N)CC(O)C1. The van der Waals surface area contributed by atoms with Crippen molar-refractivity contribution in [2.75, 3.05) is 6.54 Å². The Morgan fingerprint density at radius 1 is 1.64 bits per heavy atom. The van der Waals surface area contributed by atoms with Gasteiger partial charge in [-0.2, -0.15) is 0 Å². The zero-order chi connectivity index (χ0) is 8.48. The number of nitrogens with two attached hydrogens (primary N) is 1. The average Bonchev–Trinajstić information content (AvgIpc) is 1.81. The van der Waals surface area contributed by atoms with Gasteiger partial charge in [0.05, 0.1) is 6.10 Å². The number of hydrogen-bond donors (Lipinski definition) is 3. The number of hydrogen-bond acceptors (Lipinski definition) is 3. The predicted molar refractivity (Wildman–Crippen MR) is 45.3 cm³/mol. The number of nitrogens with one attached hydrogen (secondary N) is 1. The summed E-state index contributed by atoms with van der Waals surface area (Å²) >= 11 is 0. The molecule has 0 aliphatic heterocycles. The molecular formula is C8H18N2O. The Bertz CT molecular complexity index is 130. The van der Waals surface area contributed by atoms with Gasteiger partial charge in [0.1, 0.15) is 0 Å². The Morgan fingerprint density at radius 2 is 2.18 bits per heavy atom. The third-order valence-corrected chi connectivity index (χ3v) is 2.15. The molecule has 0 aromatic carbocycles. The minimum atomic E-state index is -0.158. The van der Waals surface area contributed by atoms with Crippen molar-refractivity contribution in [2.24, 2.45) is 5.73 Å². The standard InChI is InChI=1S/C8H18N2O/c1-6(2)10-5-8(9)3-7(11)4-8/h6-7,10-11H,3-5,9H2,1-2H3. The van der Waals surface area contributed by atoms with Gasteiger partial charge < -0.3 is 16.2 Å². The van der Waals surface area contributed by atoms with Gasteiger partial charge in [-0.1, -0.05) is 13.8 Å². The van der Waals surface area contributed by atoms with Crippen LogP contribution in [0, 0.1) is 0 Å². The van der Waals surface area contributed by atoms with Gasteiger partial charge in [0, 0.05) is 18.1 Å². The molecule has 0 unspecified atom stereocenters. The van der Waals surface area contributed by atoms with E-state index < -0.39 is 0 Å². The van der Waals surface area contributed by atoms with Crippen LogP contribution < -0.4 is 11.1 Å². The molecule has 0 spiro atoms. The second-order valence-electron chi connectivity index (χ2n) is 3.96. The Balaban J connectivity index is 2.16. The smallest absolute Gasteiger partial charge is 0.0576 e. The van der Waals surface area contributed by atoms with Gasteiger partial charge in [-0.15, -0.1) is 0 Å². The van der Waals surface area contributed by atoms with Crippen LogP contribution in [-0.4, -0.2) is 29.3 Å². The van der Waals surface area contributed by atoms with Crippen LogP contribution >= 0.6 is 0 Å². The minimum Gasteiger partial charge on any atom is -0.393 e. The van der Waals surface area contributed by atoms with Gasteiger partial charge in [-0.3, -0.25) is 0 Å². The molecule has 0 aromatic rings. The molecule has 0 heterocycles. The molecule has 1 aliphatic rings. The van der Waals surface area contributed by atoms with Crippen LogP contribution in [0.25, 0.3) is 0 Å². The Hall–Kier alpha value is -0.120. The highest BCUT2D eigenvalue weighted by Gasteiger charge is 2.39. The van der Waals surface area contributed by atoms with Gasteiger partial charge in [0.25, 0.3) is 0 Å². The summed E-state index contributed by atoms with van der Waals surface area (Å²) in [6, 6.07) is 0.480. The van der Waals surface area contributed by atoms with E-state index in [0.29, 0.717) is 6.04 Å². The van der Waals surface area contributed by atoms with Crippen molar-refractivity contribution in [3.05, 3.63) is 0 Å². The maximum atomic E-state index is 9.04. The van der Waals surface area contributed by atoms with Crippen molar-refractivity contribution in [3.63, 3.8) is 0 Å². The second kappa shape index (κ2) is 3.09. The maximum Gasteiger partial charge on any atom is 0.0576 e. The molecule has 4 N–H and O–H groups in total. The molecule has 1 rings (SSSR count). The molecule has 1 fully saturated rings. The zero-order valence-electron chi connectivity index (χ0n) is 7.30. The Morgan fingerprint density at radius 3 is 2.55 bits per heavy atom. The van der Waals surface area contributed by atoms with E-state index >= 15 is 0 Å². The summed E-state index contributed by atoms with van der Waals surface area (Å²) in [5.74, 6) is 0. The molecular weight excluding hydrogens is 140 g/mol. The first-order valence-corrected chi connectivity index (χ1v) is 4.22. The van der Waals surface area contributed by atoms with E-state index in [9.17, 15) is 0 Å². The third kappa shape index (κ3) is 2.43. The van der Waals surface area contributed by atoms with Crippen LogP contribution in [0.1, 0.15) is 26.7 Å². The van der Waals surface area contributed by atoms with E-state index in [0.717, 1.165) is 19.4 Å². The fourth-order valence-electron chi connectivity index (χ4n) is 1.43. The summed E-state index contributed by atoms with van der Waals surface area (Å²) in [6.07, 6.45) is 1.33. The Kier molecular flexibility index (Phi) is 2.52. The number of aliphatic hydroxyl groups excluding tert-OH is 1. The summed E-state index contributed by atoms with van der Waals surface area (Å²) in [5.41, 5.74) is 5.78. The first-order valence-electron chi connectivity index (χ1n) is 4.22. The summed E-state index contributed by atoms with van der Waals surface area (Å²) in [6.45, 7) is 5.01. The molecule has 3 nitrogen and oxygen atoms in total. The van der Waals surface area contributed by atoms with Crippen LogP contribution in [0.3, 0.4) is 0 Å². The van der Waals surface area contributed by atoms with Crippen molar-refractivity contribution in [1.82, 2.24) is 5.32 Å². The van der Waals surface area contributed by atoms with Gasteiger partial charge in [-0.25, -0.2) is 0 Å².